The van der Waals surface area contributed by atoms with Crippen LogP contribution in [0.2, 0.25) is 5.28 Å². The molecule has 0 unspecified atom stereocenters. The molecule has 1 heterocycles. The summed E-state index contributed by atoms with van der Waals surface area (Å²) < 4.78 is 14.7. The molecular weight excluding hydrogens is 403 g/mol. The standard InChI is InChI=1S/C18H26ClFN6O3/c19-18-22-15(21-13-6-3-7-13)14(20)16(23-18)24-25-17(28)12(9-26(29)10-27)8-11-4-1-2-5-11/h10-13,29H,1-9H2,(H,25,28)(H2,21,22,23,24)/t12-/m1/s1. The second kappa shape index (κ2) is 10.0. The molecule has 2 saturated carbocycles. The Morgan fingerprint density at radius 1 is 1.24 bits per heavy atom. The van der Waals surface area contributed by atoms with Crippen LogP contribution >= 0.6 is 11.6 Å². The van der Waals surface area contributed by atoms with Gasteiger partial charge in [0.05, 0.1) is 12.5 Å². The lowest BCUT2D eigenvalue weighted by Crippen LogP contribution is -2.41. The first kappa shape index (κ1) is 21.5. The van der Waals surface area contributed by atoms with E-state index < -0.39 is 17.6 Å². The number of nitrogens with one attached hydrogen (secondary N) is 3. The summed E-state index contributed by atoms with van der Waals surface area (Å²) in [6, 6.07) is 0.146. The molecule has 0 saturated heterocycles. The van der Waals surface area contributed by atoms with Gasteiger partial charge in [-0.2, -0.15) is 14.4 Å². The van der Waals surface area contributed by atoms with Gasteiger partial charge >= 0.3 is 0 Å². The fraction of sp³-hybridized carbons (Fsp3) is 0.667. The molecule has 9 nitrogen and oxygen atoms in total. The molecule has 2 aliphatic carbocycles. The van der Waals surface area contributed by atoms with Gasteiger partial charge in [0.1, 0.15) is 0 Å². The minimum Gasteiger partial charge on any atom is -0.365 e. The van der Waals surface area contributed by atoms with Crippen LogP contribution in [0.15, 0.2) is 0 Å². The molecule has 160 valence electrons. The van der Waals surface area contributed by atoms with Gasteiger partial charge in [0.15, 0.2) is 11.6 Å². The molecule has 2 fully saturated rings. The van der Waals surface area contributed by atoms with Crippen molar-refractivity contribution in [3.63, 3.8) is 0 Å². The number of aromatic nitrogens is 2. The lowest BCUT2D eigenvalue weighted by Gasteiger charge is -2.27. The van der Waals surface area contributed by atoms with E-state index in [9.17, 15) is 19.2 Å². The topological polar surface area (TPSA) is 119 Å². The Labute approximate surface area is 173 Å². The molecule has 0 spiro atoms. The van der Waals surface area contributed by atoms with Crippen molar-refractivity contribution in [2.24, 2.45) is 11.8 Å². The summed E-state index contributed by atoms with van der Waals surface area (Å²) >= 11 is 5.89. The largest absolute Gasteiger partial charge is 0.365 e. The second-order valence-electron chi connectivity index (χ2n) is 7.70. The van der Waals surface area contributed by atoms with Gasteiger partial charge in [-0.3, -0.25) is 25.6 Å². The van der Waals surface area contributed by atoms with Crippen molar-refractivity contribution in [2.45, 2.75) is 57.4 Å². The number of hydrogen-bond acceptors (Lipinski definition) is 7. The zero-order valence-corrected chi connectivity index (χ0v) is 16.8. The minimum atomic E-state index is -0.745. The lowest BCUT2D eigenvalue weighted by molar-refractivity contribution is -0.154. The van der Waals surface area contributed by atoms with Crippen LogP contribution in [0.4, 0.5) is 16.0 Å². The summed E-state index contributed by atoms with van der Waals surface area (Å²) in [7, 11) is 0. The average molecular weight is 429 g/mol. The fourth-order valence-electron chi connectivity index (χ4n) is 3.75. The van der Waals surface area contributed by atoms with Crippen molar-refractivity contribution in [3.05, 3.63) is 11.1 Å². The Hall–Kier alpha value is -2.20. The van der Waals surface area contributed by atoms with Gasteiger partial charge < -0.3 is 5.32 Å². The number of anilines is 2. The number of carbonyl (C=O) groups excluding carboxylic acids is 2. The SMILES string of the molecule is O=CN(O)C[C@@H](CC1CCCC1)C(=O)NNc1nc(Cl)nc(NC2CCC2)c1F. The first-order valence-corrected chi connectivity index (χ1v) is 10.3. The van der Waals surface area contributed by atoms with Crippen molar-refractivity contribution in [1.29, 1.82) is 0 Å². The Bertz CT molecular complexity index is 730. The zero-order chi connectivity index (χ0) is 20.8. The van der Waals surface area contributed by atoms with Crippen LogP contribution in [-0.4, -0.2) is 45.1 Å². The normalized spacial score (nSPS) is 18.0. The van der Waals surface area contributed by atoms with E-state index in [-0.39, 0.29) is 35.9 Å². The fourth-order valence-corrected chi connectivity index (χ4v) is 3.92. The maximum atomic E-state index is 14.7. The predicted octanol–water partition coefficient (Wildman–Crippen LogP) is 2.72. The number of carbonyl (C=O) groups is 2. The summed E-state index contributed by atoms with van der Waals surface area (Å²) in [6.07, 6.45) is 7.95. The quantitative estimate of drug-likeness (QED) is 0.196. The Kier molecular flexibility index (Phi) is 7.43. The van der Waals surface area contributed by atoms with Gasteiger partial charge in [0, 0.05) is 6.04 Å². The molecule has 1 aromatic rings. The molecule has 0 bridgehead atoms. The molecule has 1 aromatic heterocycles. The minimum absolute atomic E-state index is 0.0172. The number of rotatable bonds is 10. The molecule has 4 N–H and O–H groups in total. The zero-order valence-electron chi connectivity index (χ0n) is 16.0. The highest BCUT2D eigenvalue weighted by atomic mass is 35.5. The highest BCUT2D eigenvalue weighted by Gasteiger charge is 2.27. The molecule has 0 radical (unpaired) electrons. The number of hydrogen-bond donors (Lipinski definition) is 4. The van der Waals surface area contributed by atoms with Crippen LogP contribution in [0.3, 0.4) is 0 Å². The molecule has 29 heavy (non-hydrogen) atoms. The van der Waals surface area contributed by atoms with E-state index >= 15 is 0 Å². The molecule has 3 rings (SSSR count). The smallest absolute Gasteiger partial charge is 0.243 e. The van der Waals surface area contributed by atoms with Crippen molar-refractivity contribution < 1.29 is 19.2 Å². The van der Waals surface area contributed by atoms with E-state index in [1.54, 1.807) is 0 Å². The van der Waals surface area contributed by atoms with Crippen LogP contribution in [0.5, 0.6) is 0 Å². The van der Waals surface area contributed by atoms with E-state index in [1.807, 2.05) is 0 Å². The third-order valence-corrected chi connectivity index (χ3v) is 5.74. The van der Waals surface area contributed by atoms with Crippen molar-refractivity contribution >= 4 is 35.6 Å². The number of halogens is 2. The molecule has 1 atom stereocenters. The third-order valence-electron chi connectivity index (χ3n) is 5.57. The van der Waals surface area contributed by atoms with Gasteiger partial charge in [-0.25, -0.2) is 5.06 Å². The number of hydroxylamine groups is 2. The number of amides is 2. The maximum Gasteiger partial charge on any atom is 0.243 e. The van der Waals surface area contributed by atoms with E-state index in [0.29, 0.717) is 17.4 Å². The van der Waals surface area contributed by atoms with Gasteiger partial charge in [-0.15, -0.1) is 0 Å². The lowest BCUT2D eigenvalue weighted by atomic mass is 9.92. The second-order valence-corrected chi connectivity index (χ2v) is 8.04. The van der Waals surface area contributed by atoms with Gasteiger partial charge in [0.25, 0.3) is 0 Å². The van der Waals surface area contributed by atoms with Crippen molar-refractivity contribution in [3.8, 4) is 0 Å². The van der Waals surface area contributed by atoms with E-state index in [4.69, 9.17) is 11.6 Å². The average Bonchev–Trinajstić information content (AvgIpc) is 3.17. The first-order chi connectivity index (χ1) is 14.0. The van der Waals surface area contributed by atoms with Crippen molar-refractivity contribution in [1.82, 2.24) is 20.5 Å². The summed E-state index contributed by atoms with van der Waals surface area (Å²) in [5.74, 6) is -1.78. The predicted molar refractivity (Wildman–Crippen MR) is 105 cm³/mol. The monoisotopic (exact) mass is 428 g/mol. The number of hydrazine groups is 1. The highest BCUT2D eigenvalue weighted by Crippen LogP contribution is 2.31. The van der Waals surface area contributed by atoms with Gasteiger partial charge in [-0.1, -0.05) is 25.7 Å². The highest BCUT2D eigenvalue weighted by molar-refractivity contribution is 6.28. The van der Waals surface area contributed by atoms with E-state index in [1.165, 1.54) is 0 Å². The van der Waals surface area contributed by atoms with E-state index in [0.717, 1.165) is 44.9 Å². The molecule has 2 aliphatic rings. The van der Waals surface area contributed by atoms with Crippen LogP contribution in [0.25, 0.3) is 0 Å². The summed E-state index contributed by atoms with van der Waals surface area (Å²) in [4.78, 5) is 31.1. The van der Waals surface area contributed by atoms with Crippen LogP contribution in [0, 0.1) is 17.7 Å². The van der Waals surface area contributed by atoms with Crippen molar-refractivity contribution in [2.75, 3.05) is 17.3 Å². The van der Waals surface area contributed by atoms with E-state index in [2.05, 4.69) is 26.1 Å². The summed E-state index contributed by atoms with van der Waals surface area (Å²) in [5, 5.41) is 12.8. The molecule has 0 aromatic carbocycles. The van der Waals surface area contributed by atoms with Crippen LogP contribution in [0.1, 0.15) is 51.4 Å². The molecule has 11 heteroatoms. The Morgan fingerprint density at radius 3 is 2.55 bits per heavy atom. The number of nitrogens with zero attached hydrogens (tertiary/aromatic N) is 3. The third kappa shape index (κ3) is 5.89. The van der Waals surface area contributed by atoms with Crippen LogP contribution < -0.4 is 16.2 Å². The summed E-state index contributed by atoms with van der Waals surface area (Å²) in [5.41, 5.74) is 4.88. The molecular formula is C18H26ClFN6O3. The Morgan fingerprint density at radius 2 is 1.93 bits per heavy atom. The van der Waals surface area contributed by atoms with Gasteiger partial charge in [-0.05, 0) is 43.2 Å². The molecule has 2 amide bonds. The first-order valence-electron chi connectivity index (χ1n) is 9.92. The molecule has 0 aliphatic heterocycles. The maximum absolute atomic E-state index is 14.7. The summed E-state index contributed by atoms with van der Waals surface area (Å²) in [6.45, 7) is -0.144. The van der Waals surface area contributed by atoms with Crippen LogP contribution in [-0.2, 0) is 9.59 Å². The Balaban J connectivity index is 1.63. The van der Waals surface area contributed by atoms with Gasteiger partial charge in [0.2, 0.25) is 23.4 Å².